The van der Waals surface area contributed by atoms with E-state index in [2.05, 4.69) is 17.2 Å². The predicted molar refractivity (Wildman–Crippen MR) is 138 cm³/mol. The third-order valence-electron chi connectivity index (χ3n) is 6.73. The molecule has 1 heterocycles. The van der Waals surface area contributed by atoms with Crippen molar-refractivity contribution in [2.75, 3.05) is 0 Å². The number of aliphatic carboxylic acids is 1. The molecule has 1 aromatic carbocycles. The second-order valence-electron chi connectivity index (χ2n) is 9.70. The summed E-state index contributed by atoms with van der Waals surface area (Å²) in [5, 5.41) is 15.2. The number of aromatic amines is 1. The van der Waals surface area contributed by atoms with E-state index in [1.54, 1.807) is 6.20 Å². The summed E-state index contributed by atoms with van der Waals surface area (Å²) in [6, 6.07) is 6.73. The maximum absolute atomic E-state index is 12.3. The van der Waals surface area contributed by atoms with Crippen LogP contribution in [0.5, 0.6) is 0 Å². The number of para-hydroxylation sites is 1. The van der Waals surface area contributed by atoms with E-state index in [1.807, 2.05) is 24.3 Å². The number of fused-ring (bicyclic) bond motifs is 1. The molecule has 190 valence electrons. The monoisotopic (exact) mass is 492 g/mol. The number of nitrogens with one attached hydrogen (secondary N) is 2. The molecule has 0 radical (unpaired) electrons. The normalized spacial score (nSPS) is 11.8. The third-order valence-corrected chi connectivity index (χ3v) is 6.73. The Hall–Kier alpha value is -1.30. The van der Waals surface area contributed by atoms with Crippen molar-refractivity contribution in [2.45, 2.75) is 122 Å². The summed E-state index contributed by atoms with van der Waals surface area (Å²) in [4.78, 5) is 27.0. The van der Waals surface area contributed by atoms with Crippen LogP contribution in [0.2, 0.25) is 0 Å². The van der Waals surface area contributed by atoms with Crippen molar-refractivity contribution in [3.8, 4) is 0 Å². The minimum atomic E-state index is -1.24. The molecule has 0 aliphatic carbocycles. The van der Waals surface area contributed by atoms with Crippen LogP contribution in [0.25, 0.3) is 10.9 Å². The Bertz CT molecular complexity index is 836. The van der Waals surface area contributed by atoms with Crippen LogP contribution < -0.4 is 40.0 Å². The van der Waals surface area contributed by atoms with Crippen LogP contribution in [-0.4, -0.2) is 22.9 Å². The first-order valence-electron chi connectivity index (χ1n) is 13.7. The summed E-state index contributed by atoms with van der Waals surface area (Å²) >= 11 is 0. The van der Waals surface area contributed by atoms with Crippen molar-refractivity contribution in [1.82, 2.24) is 10.3 Å². The minimum absolute atomic E-state index is 0. The van der Waals surface area contributed by atoms with E-state index < -0.39 is 12.0 Å². The topological polar surface area (TPSA) is 85.0 Å². The Morgan fingerprint density at radius 2 is 1.34 bits per heavy atom. The molecule has 2 rings (SSSR count). The van der Waals surface area contributed by atoms with Crippen LogP contribution in [-0.2, 0) is 16.0 Å². The zero-order valence-electron chi connectivity index (χ0n) is 22.2. The second kappa shape index (κ2) is 19.8. The van der Waals surface area contributed by atoms with Crippen molar-refractivity contribution in [2.24, 2.45) is 0 Å². The number of benzene rings is 1. The maximum atomic E-state index is 12.3. The van der Waals surface area contributed by atoms with E-state index in [0.29, 0.717) is 6.42 Å². The average molecular weight is 493 g/mol. The number of carboxylic acids is 1. The van der Waals surface area contributed by atoms with Gasteiger partial charge < -0.3 is 20.2 Å². The summed E-state index contributed by atoms with van der Waals surface area (Å²) in [6.45, 7) is 2.26. The van der Waals surface area contributed by atoms with Crippen molar-refractivity contribution in [1.29, 1.82) is 0 Å². The molecule has 0 aliphatic heterocycles. The van der Waals surface area contributed by atoms with Gasteiger partial charge in [-0.3, -0.25) is 4.79 Å². The van der Waals surface area contributed by atoms with E-state index in [0.717, 1.165) is 35.7 Å². The Labute approximate surface area is 234 Å². The number of amides is 1. The third kappa shape index (κ3) is 13.5. The number of hydrogen-bond donors (Lipinski definition) is 2. The van der Waals surface area contributed by atoms with Gasteiger partial charge in [0.15, 0.2) is 0 Å². The quantitative estimate of drug-likeness (QED) is 0.220. The first kappa shape index (κ1) is 31.7. The first-order valence-corrected chi connectivity index (χ1v) is 13.7. The van der Waals surface area contributed by atoms with Crippen LogP contribution >= 0.6 is 0 Å². The van der Waals surface area contributed by atoms with Gasteiger partial charge in [0.2, 0.25) is 5.91 Å². The van der Waals surface area contributed by atoms with E-state index in [1.165, 1.54) is 77.0 Å². The number of H-pyrrole nitrogens is 1. The Morgan fingerprint density at radius 1 is 0.829 bits per heavy atom. The number of aromatic nitrogens is 1. The predicted octanol–water partition coefficient (Wildman–Crippen LogP) is 3.21. The standard InChI is InChI=1S/C29H46N2O3.Na/c1-2-3-4-5-6-7-8-9-10-11-12-13-14-15-16-21-28(32)31-27(29(33)34)22-24-23-30-26-20-18-17-19-25(24)26;/h17-20,23,27,30H,2-16,21-22H2,1H3,(H,31,32)(H,33,34);/q;+1/p-1/t27-;/m0./s1. The van der Waals surface area contributed by atoms with Crippen LogP contribution in [0, 0.1) is 0 Å². The molecule has 35 heavy (non-hydrogen) atoms. The van der Waals surface area contributed by atoms with Gasteiger partial charge in [-0.1, -0.05) is 115 Å². The summed E-state index contributed by atoms with van der Waals surface area (Å²) in [5.74, 6) is -1.45. The van der Waals surface area contributed by atoms with Gasteiger partial charge in [0.05, 0.1) is 12.0 Å². The molecule has 1 amide bonds. The molecule has 0 aliphatic rings. The molecule has 0 unspecified atom stereocenters. The fourth-order valence-corrected chi connectivity index (χ4v) is 4.64. The molecule has 0 bridgehead atoms. The molecule has 0 spiro atoms. The molecule has 2 aromatic rings. The van der Waals surface area contributed by atoms with Gasteiger partial charge in [-0.15, -0.1) is 0 Å². The molecule has 0 saturated heterocycles. The fourth-order valence-electron chi connectivity index (χ4n) is 4.64. The van der Waals surface area contributed by atoms with Crippen LogP contribution in [0.1, 0.15) is 115 Å². The Kier molecular flexibility index (Phi) is 18.0. The smallest absolute Gasteiger partial charge is 0.548 e. The average Bonchev–Trinajstić information content (AvgIpc) is 3.24. The summed E-state index contributed by atoms with van der Waals surface area (Å²) < 4.78 is 0. The van der Waals surface area contributed by atoms with Crippen molar-refractivity contribution < 1.29 is 44.3 Å². The molecule has 2 N–H and O–H groups in total. The molecular formula is C29H45N2NaO3. The number of rotatable bonds is 20. The summed E-state index contributed by atoms with van der Waals surface area (Å²) in [7, 11) is 0. The zero-order chi connectivity index (χ0) is 24.4. The molecule has 0 saturated carbocycles. The van der Waals surface area contributed by atoms with Crippen molar-refractivity contribution >= 4 is 22.8 Å². The SMILES string of the molecule is CCCCCCCCCCCCCCCCCC(=O)N[C@@H](Cc1c[nH]c2ccccc12)C(=O)[O-].[Na+]. The number of carboxylic acid groups (broad SMARTS) is 1. The molecule has 1 atom stereocenters. The fraction of sp³-hybridized carbons (Fsp3) is 0.655. The van der Waals surface area contributed by atoms with E-state index in [9.17, 15) is 14.7 Å². The van der Waals surface area contributed by atoms with Gasteiger partial charge in [0, 0.05) is 29.9 Å². The van der Waals surface area contributed by atoms with Crippen molar-refractivity contribution in [3.05, 3.63) is 36.0 Å². The zero-order valence-corrected chi connectivity index (χ0v) is 24.2. The van der Waals surface area contributed by atoms with Gasteiger partial charge in [-0.2, -0.15) is 0 Å². The largest absolute Gasteiger partial charge is 1.00 e. The maximum Gasteiger partial charge on any atom is 1.00 e. The van der Waals surface area contributed by atoms with Gasteiger partial charge in [0.1, 0.15) is 0 Å². The second-order valence-corrected chi connectivity index (χ2v) is 9.70. The molecule has 1 aromatic heterocycles. The van der Waals surface area contributed by atoms with Gasteiger partial charge in [-0.05, 0) is 18.1 Å². The first-order chi connectivity index (χ1) is 16.6. The number of unbranched alkanes of at least 4 members (excludes halogenated alkanes) is 14. The van der Waals surface area contributed by atoms with Crippen LogP contribution in [0.15, 0.2) is 30.5 Å². The Balaban J connectivity index is 0.00000612. The molecule has 6 heteroatoms. The van der Waals surface area contributed by atoms with E-state index >= 15 is 0 Å². The molecule has 5 nitrogen and oxygen atoms in total. The number of hydrogen-bond acceptors (Lipinski definition) is 3. The Morgan fingerprint density at radius 3 is 1.89 bits per heavy atom. The van der Waals surface area contributed by atoms with E-state index in [-0.39, 0.29) is 41.9 Å². The number of carbonyl (C=O) groups is 2. The van der Waals surface area contributed by atoms with E-state index in [4.69, 9.17) is 0 Å². The minimum Gasteiger partial charge on any atom is -0.548 e. The van der Waals surface area contributed by atoms with Gasteiger partial charge >= 0.3 is 29.6 Å². The van der Waals surface area contributed by atoms with Gasteiger partial charge in [-0.25, -0.2) is 0 Å². The van der Waals surface area contributed by atoms with Crippen molar-refractivity contribution in [3.63, 3.8) is 0 Å². The summed E-state index contributed by atoms with van der Waals surface area (Å²) in [6.07, 6.45) is 21.6. The summed E-state index contributed by atoms with van der Waals surface area (Å²) in [5.41, 5.74) is 1.83. The molecular weight excluding hydrogens is 447 g/mol. The molecule has 0 fully saturated rings. The number of carbonyl (C=O) groups excluding carboxylic acids is 2. The van der Waals surface area contributed by atoms with Crippen LogP contribution in [0.3, 0.4) is 0 Å². The van der Waals surface area contributed by atoms with Gasteiger partial charge in [0.25, 0.3) is 0 Å². The van der Waals surface area contributed by atoms with Crippen LogP contribution in [0.4, 0.5) is 0 Å².